The van der Waals surface area contributed by atoms with E-state index in [9.17, 15) is 13.2 Å². The highest BCUT2D eigenvalue weighted by molar-refractivity contribution is 7.86. The van der Waals surface area contributed by atoms with Crippen LogP contribution < -0.4 is 10.0 Å². The molecule has 1 amide bonds. The van der Waals surface area contributed by atoms with Gasteiger partial charge in [-0.05, 0) is 44.2 Å². The summed E-state index contributed by atoms with van der Waals surface area (Å²) < 4.78 is 24.0. The molecule has 0 atom stereocenters. The van der Waals surface area contributed by atoms with Gasteiger partial charge in [-0.3, -0.25) is 4.79 Å². The van der Waals surface area contributed by atoms with Crippen molar-refractivity contribution in [3.63, 3.8) is 0 Å². The van der Waals surface area contributed by atoms with Crippen molar-refractivity contribution in [2.75, 3.05) is 24.5 Å². The number of nitrogens with two attached hydrogens (primary N) is 1. The van der Waals surface area contributed by atoms with Crippen LogP contribution in [0.15, 0.2) is 18.2 Å². The Morgan fingerprint density at radius 3 is 2.57 bits per heavy atom. The topological polar surface area (TPSA) is 83.7 Å². The van der Waals surface area contributed by atoms with Crippen molar-refractivity contribution < 1.29 is 13.2 Å². The van der Waals surface area contributed by atoms with Crippen molar-refractivity contribution in [1.82, 2.24) is 4.31 Å². The van der Waals surface area contributed by atoms with Gasteiger partial charge in [0.25, 0.3) is 10.2 Å². The zero-order chi connectivity index (χ0) is 16.6. The maximum atomic E-state index is 12.9. The van der Waals surface area contributed by atoms with Crippen molar-refractivity contribution in [1.29, 1.82) is 0 Å². The molecule has 0 radical (unpaired) electrons. The Bertz CT molecular complexity index is 709. The van der Waals surface area contributed by atoms with Crippen molar-refractivity contribution in [2.24, 2.45) is 11.1 Å². The van der Waals surface area contributed by atoms with Gasteiger partial charge in [0.15, 0.2) is 0 Å². The van der Waals surface area contributed by atoms with Crippen LogP contribution >= 0.6 is 0 Å². The van der Waals surface area contributed by atoms with Crippen molar-refractivity contribution >= 4 is 21.8 Å². The van der Waals surface area contributed by atoms with Crippen LogP contribution in [-0.4, -0.2) is 38.3 Å². The summed E-state index contributed by atoms with van der Waals surface area (Å²) in [7, 11) is -3.64. The van der Waals surface area contributed by atoms with Gasteiger partial charge in [-0.2, -0.15) is 12.7 Å². The minimum Gasteiger partial charge on any atom is -0.312 e. The van der Waals surface area contributed by atoms with Gasteiger partial charge in [0.2, 0.25) is 5.91 Å². The zero-order valence-electron chi connectivity index (χ0n) is 13.4. The number of anilines is 1. The minimum atomic E-state index is -3.64. The highest BCUT2D eigenvalue weighted by atomic mass is 32.2. The Morgan fingerprint density at radius 2 is 1.91 bits per heavy atom. The maximum Gasteiger partial charge on any atom is 0.276 e. The largest absolute Gasteiger partial charge is 0.312 e. The fourth-order valence-electron chi connectivity index (χ4n) is 3.53. The van der Waals surface area contributed by atoms with Gasteiger partial charge in [-0.25, -0.2) is 5.14 Å². The fourth-order valence-corrected chi connectivity index (χ4v) is 4.25. The highest BCUT2D eigenvalue weighted by Gasteiger charge is 2.33. The summed E-state index contributed by atoms with van der Waals surface area (Å²) in [4.78, 5) is 14.8. The van der Waals surface area contributed by atoms with E-state index in [1.54, 1.807) is 0 Å². The van der Waals surface area contributed by atoms with Gasteiger partial charge < -0.3 is 4.90 Å². The lowest BCUT2D eigenvalue weighted by Crippen LogP contribution is -2.47. The lowest BCUT2D eigenvalue weighted by atomic mass is 9.93. The molecule has 2 N–H and O–H groups in total. The van der Waals surface area contributed by atoms with Gasteiger partial charge in [-0.1, -0.05) is 17.7 Å². The predicted molar refractivity (Wildman–Crippen MR) is 89.3 cm³/mol. The van der Waals surface area contributed by atoms with Crippen LogP contribution in [0.3, 0.4) is 0 Å². The molecular formula is C16H23N3O3S. The summed E-state index contributed by atoms with van der Waals surface area (Å²) in [6, 6.07) is 6.22. The molecular weight excluding hydrogens is 314 g/mol. The van der Waals surface area contributed by atoms with Crippen LogP contribution in [-0.2, 0) is 21.4 Å². The highest BCUT2D eigenvalue weighted by Crippen LogP contribution is 2.31. The molecule has 0 saturated carbocycles. The molecule has 6 nitrogen and oxygen atoms in total. The van der Waals surface area contributed by atoms with Crippen LogP contribution in [0.2, 0.25) is 0 Å². The number of benzene rings is 1. The smallest absolute Gasteiger partial charge is 0.276 e. The van der Waals surface area contributed by atoms with Crippen LogP contribution in [0.5, 0.6) is 0 Å². The molecule has 0 spiro atoms. The number of nitrogens with zero attached hydrogens (tertiary/aromatic N) is 2. The van der Waals surface area contributed by atoms with E-state index in [2.05, 4.69) is 13.0 Å². The van der Waals surface area contributed by atoms with Crippen LogP contribution in [0.1, 0.15) is 30.4 Å². The summed E-state index contributed by atoms with van der Waals surface area (Å²) in [5.41, 5.74) is 3.45. The molecule has 3 rings (SSSR count). The second-order valence-electron chi connectivity index (χ2n) is 6.44. The summed E-state index contributed by atoms with van der Waals surface area (Å²) >= 11 is 0. The Balaban J connectivity index is 1.73. The number of carbonyl (C=O) groups is 1. The lowest BCUT2D eigenvalue weighted by Gasteiger charge is -2.35. The molecule has 7 heteroatoms. The van der Waals surface area contributed by atoms with E-state index in [-0.39, 0.29) is 11.8 Å². The molecule has 0 bridgehead atoms. The van der Waals surface area contributed by atoms with Crippen LogP contribution in [0, 0.1) is 12.8 Å². The summed E-state index contributed by atoms with van der Waals surface area (Å²) in [5.74, 6) is -0.0101. The van der Waals surface area contributed by atoms with Gasteiger partial charge in [0.1, 0.15) is 0 Å². The van der Waals surface area contributed by atoms with E-state index in [0.717, 1.165) is 25.1 Å². The molecule has 1 aromatic carbocycles. The van der Waals surface area contributed by atoms with E-state index in [0.29, 0.717) is 25.9 Å². The van der Waals surface area contributed by atoms with Gasteiger partial charge in [-0.15, -0.1) is 0 Å². The second kappa shape index (κ2) is 6.22. The SMILES string of the molecule is Cc1ccc2c(c1)CCCN2C(=O)C1CCN(S(N)(=O)=O)CC1. The number of hydrogen-bond donors (Lipinski definition) is 1. The quantitative estimate of drug-likeness (QED) is 0.880. The number of fused-ring (bicyclic) bond motifs is 1. The van der Waals surface area contributed by atoms with Crippen molar-refractivity contribution in [3.8, 4) is 0 Å². The van der Waals surface area contributed by atoms with Crippen LogP contribution in [0.25, 0.3) is 0 Å². The number of hydrogen-bond acceptors (Lipinski definition) is 3. The second-order valence-corrected chi connectivity index (χ2v) is 7.99. The number of aryl methyl sites for hydroxylation is 2. The molecule has 23 heavy (non-hydrogen) atoms. The molecule has 126 valence electrons. The molecule has 2 heterocycles. The van der Waals surface area contributed by atoms with Gasteiger partial charge in [0.05, 0.1) is 0 Å². The summed E-state index contributed by atoms with van der Waals surface area (Å²) in [5, 5.41) is 5.15. The molecule has 2 aliphatic rings. The fraction of sp³-hybridized carbons (Fsp3) is 0.562. The van der Waals surface area contributed by atoms with E-state index < -0.39 is 10.2 Å². The maximum absolute atomic E-state index is 12.9. The minimum absolute atomic E-state index is 0.115. The van der Waals surface area contributed by atoms with E-state index in [1.807, 2.05) is 17.0 Å². The molecule has 1 fully saturated rings. The number of piperidine rings is 1. The third kappa shape index (κ3) is 3.41. The molecule has 1 aromatic rings. The van der Waals surface area contributed by atoms with E-state index >= 15 is 0 Å². The third-order valence-electron chi connectivity index (χ3n) is 4.78. The number of carbonyl (C=O) groups excluding carboxylic acids is 1. The molecule has 0 aromatic heterocycles. The van der Waals surface area contributed by atoms with Gasteiger partial charge >= 0.3 is 0 Å². The normalized spacial score (nSPS) is 20.3. The molecule has 1 saturated heterocycles. The predicted octanol–water partition coefficient (Wildman–Crippen LogP) is 1.19. The molecule has 0 aliphatic carbocycles. The number of amides is 1. The Labute approximate surface area is 137 Å². The Kier molecular flexibility index (Phi) is 4.44. The molecule has 2 aliphatic heterocycles. The average Bonchev–Trinajstić information content (AvgIpc) is 2.52. The van der Waals surface area contributed by atoms with Crippen LogP contribution in [0.4, 0.5) is 5.69 Å². The third-order valence-corrected chi connectivity index (χ3v) is 5.87. The zero-order valence-corrected chi connectivity index (χ0v) is 14.2. The first kappa shape index (κ1) is 16.4. The van der Waals surface area contributed by atoms with Crippen molar-refractivity contribution in [2.45, 2.75) is 32.6 Å². The Hall–Kier alpha value is -1.44. The Morgan fingerprint density at radius 1 is 1.22 bits per heavy atom. The standard InChI is InChI=1S/C16H23N3O3S/c1-12-4-5-15-14(11-12)3-2-8-19(15)16(20)13-6-9-18(10-7-13)23(17,21)22/h4-5,11,13H,2-3,6-10H2,1H3,(H2,17,21,22). The average molecular weight is 337 g/mol. The molecule has 0 unspecified atom stereocenters. The summed E-state index contributed by atoms with van der Waals surface area (Å²) in [6.45, 7) is 3.45. The van der Waals surface area contributed by atoms with Gasteiger partial charge in [0, 0.05) is 31.2 Å². The summed E-state index contributed by atoms with van der Waals surface area (Å²) in [6.07, 6.45) is 3.04. The lowest BCUT2D eigenvalue weighted by molar-refractivity contribution is -0.123. The monoisotopic (exact) mass is 337 g/mol. The number of rotatable bonds is 2. The first-order valence-corrected chi connectivity index (χ1v) is 9.55. The van der Waals surface area contributed by atoms with E-state index in [1.165, 1.54) is 15.4 Å². The van der Waals surface area contributed by atoms with Crippen molar-refractivity contribution in [3.05, 3.63) is 29.3 Å². The first-order chi connectivity index (χ1) is 10.9. The van der Waals surface area contributed by atoms with E-state index in [4.69, 9.17) is 5.14 Å². The first-order valence-electron chi connectivity index (χ1n) is 8.05.